The molecule has 0 amide bonds. The van der Waals surface area contributed by atoms with Crippen molar-refractivity contribution in [3.63, 3.8) is 0 Å². The molecule has 4 rings (SSSR count). The largest absolute Gasteiger partial charge is 0.348 e. The summed E-state index contributed by atoms with van der Waals surface area (Å²) in [6.45, 7) is 1.30. The molecule has 1 aliphatic rings. The van der Waals surface area contributed by atoms with Crippen molar-refractivity contribution >= 4 is 61.1 Å². The van der Waals surface area contributed by atoms with Gasteiger partial charge in [0.1, 0.15) is 0 Å². The van der Waals surface area contributed by atoms with Gasteiger partial charge >= 0.3 is 0 Å². The van der Waals surface area contributed by atoms with Crippen LogP contribution in [-0.2, 0) is 16.3 Å². The fourth-order valence-corrected chi connectivity index (χ4v) is 6.66. The average molecular weight is 502 g/mol. The smallest absolute Gasteiger partial charge is 0.185 e. The number of rotatable bonds is 5. The molecule has 1 fully saturated rings. The first-order chi connectivity index (χ1) is 14.3. The Hall–Kier alpha value is -1.31. The first-order valence-electron chi connectivity index (χ1n) is 9.45. The molecule has 0 N–H and O–H groups in total. The molecule has 0 spiro atoms. The van der Waals surface area contributed by atoms with Crippen molar-refractivity contribution in [2.45, 2.75) is 29.4 Å². The second-order valence-electron chi connectivity index (χ2n) is 7.23. The minimum absolute atomic E-state index is 0.231. The number of benzene rings is 2. The molecule has 9 heteroatoms. The van der Waals surface area contributed by atoms with E-state index >= 15 is 0 Å². The fourth-order valence-electron chi connectivity index (χ4n) is 3.54. The molecule has 2 heterocycles. The van der Waals surface area contributed by atoms with Crippen LogP contribution in [0, 0.1) is 0 Å². The molecule has 2 aromatic carbocycles. The molecule has 0 bridgehead atoms. The Kier molecular flexibility index (Phi) is 6.61. The van der Waals surface area contributed by atoms with Gasteiger partial charge in [-0.15, -0.1) is 11.3 Å². The number of halogens is 3. The lowest BCUT2D eigenvalue weighted by molar-refractivity contribution is 0.529. The highest BCUT2D eigenvalue weighted by Gasteiger charge is 2.32. The summed E-state index contributed by atoms with van der Waals surface area (Å²) in [6, 6.07) is 12.3. The van der Waals surface area contributed by atoms with E-state index in [9.17, 15) is 8.42 Å². The summed E-state index contributed by atoms with van der Waals surface area (Å²) >= 11 is 19.5. The minimum Gasteiger partial charge on any atom is -0.348 e. The standard InChI is InChI=1S/C21H19Cl3N2O2S2/c22-15-3-1-14(2-4-15)11-16-13-29-21(25-16)26-9-7-17(8-10-26)30(27,28)18-5-6-19(23)20(24)12-18/h1-6,12-13,17H,7-11H2. The predicted octanol–water partition coefficient (Wildman–Crippen LogP) is 6.14. The number of thiazole rings is 1. The Labute approximate surface area is 195 Å². The number of piperidine rings is 1. The van der Waals surface area contributed by atoms with Crippen LogP contribution in [0.4, 0.5) is 5.13 Å². The van der Waals surface area contributed by atoms with Gasteiger partial charge in [-0.05, 0) is 48.7 Å². The summed E-state index contributed by atoms with van der Waals surface area (Å²) in [5.41, 5.74) is 2.16. The predicted molar refractivity (Wildman–Crippen MR) is 125 cm³/mol. The molecule has 3 aromatic rings. The van der Waals surface area contributed by atoms with Crippen molar-refractivity contribution in [1.29, 1.82) is 0 Å². The Balaban J connectivity index is 1.40. The number of hydrogen-bond donors (Lipinski definition) is 0. The van der Waals surface area contributed by atoms with Gasteiger partial charge in [-0.2, -0.15) is 0 Å². The van der Waals surface area contributed by atoms with E-state index in [1.165, 1.54) is 18.2 Å². The minimum atomic E-state index is -3.44. The molecule has 0 radical (unpaired) electrons. The Morgan fingerprint density at radius 2 is 1.70 bits per heavy atom. The first-order valence-corrected chi connectivity index (χ1v) is 13.0. The lowest BCUT2D eigenvalue weighted by atomic mass is 10.1. The number of hydrogen-bond acceptors (Lipinski definition) is 5. The summed E-state index contributed by atoms with van der Waals surface area (Å²) in [5.74, 6) is 0. The number of sulfone groups is 1. The van der Waals surface area contributed by atoms with Gasteiger partial charge in [0.15, 0.2) is 15.0 Å². The molecule has 158 valence electrons. The second kappa shape index (κ2) is 9.05. The molecule has 0 aliphatic carbocycles. The van der Waals surface area contributed by atoms with Crippen LogP contribution in [0.3, 0.4) is 0 Å². The van der Waals surface area contributed by atoms with Crippen molar-refractivity contribution in [3.05, 3.63) is 74.2 Å². The molecule has 1 saturated heterocycles. The lowest BCUT2D eigenvalue weighted by Gasteiger charge is -2.31. The maximum atomic E-state index is 13.0. The van der Waals surface area contributed by atoms with Gasteiger partial charge < -0.3 is 4.90 Å². The van der Waals surface area contributed by atoms with Crippen LogP contribution in [0.5, 0.6) is 0 Å². The number of anilines is 1. The monoisotopic (exact) mass is 500 g/mol. The van der Waals surface area contributed by atoms with E-state index < -0.39 is 15.1 Å². The number of nitrogens with zero attached hydrogens (tertiary/aromatic N) is 2. The molecule has 4 nitrogen and oxygen atoms in total. The summed E-state index contributed by atoms with van der Waals surface area (Å²) in [7, 11) is -3.44. The topological polar surface area (TPSA) is 50.3 Å². The van der Waals surface area contributed by atoms with Crippen molar-refractivity contribution in [1.82, 2.24) is 4.98 Å². The first kappa shape index (κ1) is 21.9. The van der Waals surface area contributed by atoms with E-state index in [4.69, 9.17) is 39.8 Å². The van der Waals surface area contributed by atoms with Crippen LogP contribution < -0.4 is 4.90 Å². The van der Waals surface area contributed by atoms with E-state index in [0.717, 1.165) is 27.8 Å². The van der Waals surface area contributed by atoms with Crippen molar-refractivity contribution in [2.24, 2.45) is 0 Å². The quantitative estimate of drug-likeness (QED) is 0.421. The molecule has 0 saturated carbocycles. The van der Waals surface area contributed by atoms with E-state index in [-0.39, 0.29) is 9.92 Å². The van der Waals surface area contributed by atoms with Crippen molar-refractivity contribution in [2.75, 3.05) is 18.0 Å². The molecule has 0 unspecified atom stereocenters. The SMILES string of the molecule is O=S(=O)(c1ccc(Cl)c(Cl)c1)C1CCN(c2nc(Cc3ccc(Cl)cc3)cs2)CC1. The van der Waals surface area contributed by atoms with Gasteiger partial charge in [0.25, 0.3) is 0 Å². The van der Waals surface area contributed by atoms with E-state index in [1.807, 2.05) is 24.3 Å². The third-order valence-electron chi connectivity index (χ3n) is 5.21. The Morgan fingerprint density at radius 1 is 1.00 bits per heavy atom. The Bertz CT molecular complexity index is 1140. The summed E-state index contributed by atoms with van der Waals surface area (Å²) in [6.07, 6.45) is 1.85. The second-order valence-corrected chi connectivity index (χ2v) is 11.5. The fraction of sp³-hybridized carbons (Fsp3) is 0.286. The summed E-state index contributed by atoms with van der Waals surface area (Å²) in [4.78, 5) is 7.14. The maximum Gasteiger partial charge on any atom is 0.185 e. The zero-order valence-corrected chi connectivity index (χ0v) is 19.8. The molecular weight excluding hydrogens is 483 g/mol. The van der Waals surface area contributed by atoms with Crippen molar-refractivity contribution < 1.29 is 8.42 Å². The van der Waals surface area contributed by atoms with E-state index in [2.05, 4.69) is 10.3 Å². The zero-order chi connectivity index (χ0) is 21.3. The van der Waals surface area contributed by atoms with Crippen LogP contribution in [0.2, 0.25) is 15.1 Å². The molecule has 1 aromatic heterocycles. The van der Waals surface area contributed by atoms with Crippen molar-refractivity contribution in [3.8, 4) is 0 Å². The average Bonchev–Trinajstić information content (AvgIpc) is 3.20. The summed E-state index contributed by atoms with van der Waals surface area (Å²) in [5, 5.41) is 3.89. The van der Waals surface area contributed by atoms with Gasteiger partial charge in [-0.3, -0.25) is 0 Å². The number of aromatic nitrogens is 1. The van der Waals surface area contributed by atoms with E-state index in [0.29, 0.717) is 31.0 Å². The molecule has 30 heavy (non-hydrogen) atoms. The lowest BCUT2D eigenvalue weighted by Crippen LogP contribution is -2.39. The van der Waals surface area contributed by atoms with Gasteiger partial charge in [0.2, 0.25) is 0 Å². The van der Waals surface area contributed by atoms with Gasteiger partial charge in [-0.25, -0.2) is 13.4 Å². The van der Waals surface area contributed by atoms with Gasteiger partial charge in [0.05, 0.1) is 25.9 Å². The Morgan fingerprint density at radius 3 is 2.37 bits per heavy atom. The van der Waals surface area contributed by atoms with Gasteiger partial charge in [-0.1, -0.05) is 46.9 Å². The molecule has 0 atom stereocenters. The molecule has 1 aliphatic heterocycles. The van der Waals surface area contributed by atoms with Crippen LogP contribution in [0.15, 0.2) is 52.7 Å². The third-order valence-corrected chi connectivity index (χ3v) is 9.41. The maximum absolute atomic E-state index is 13.0. The summed E-state index contributed by atoms with van der Waals surface area (Å²) < 4.78 is 26.0. The van der Waals surface area contributed by atoms with Crippen LogP contribution in [0.1, 0.15) is 24.1 Å². The van der Waals surface area contributed by atoms with Gasteiger partial charge in [0, 0.05) is 29.9 Å². The highest BCUT2D eigenvalue weighted by atomic mass is 35.5. The van der Waals surface area contributed by atoms with Crippen LogP contribution in [0.25, 0.3) is 0 Å². The zero-order valence-electron chi connectivity index (χ0n) is 15.9. The highest BCUT2D eigenvalue weighted by molar-refractivity contribution is 7.92. The third kappa shape index (κ3) is 4.78. The highest BCUT2D eigenvalue weighted by Crippen LogP contribution is 2.32. The molecular formula is C21H19Cl3N2O2S2. The van der Waals surface area contributed by atoms with Crippen LogP contribution >= 0.6 is 46.1 Å². The van der Waals surface area contributed by atoms with E-state index in [1.54, 1.807) is 11.3 Å². The normalized spacial score (nSPS) is 15.5. The van der Waals surface area contributed by atoms with Crippen LogP contribution in [-0.4, -0.2) is 31.7 Å².